The van der Waals surface area contributed by atoms with Crippen LogP contribution in [0.15, 0.2) is 12.3 Å². The highest BCUT2D eigenvalue weighted by Gasteiger charge is 2.16. The highest BCUT2D eigenvalue weighted by Crippen LogP contribution is 2.29. The van der Waals surface area contributed by atoms with Gasteiger partial charge in [-0.2, -0.15) is 0 Å². The maximum absolute atomic E-state index is 9.49. The summed E-state index contributed by atoms with van der Waals surface area (Å²) in [4.78, 5) is 3.90. The van der Waals surface area contributed by atoms with Gasteiger partial charge in [-0.1, -0.05) is 11.6 Å². The molecule has 5 heteroatoms. The summed E-state index contributed by atoms with van der Waals surface area (Å²) in [6, 6.07) is 1.58. The fourth-order valence-electron chi connectivity index (χ4n) is 1.01. The van der Waals surface area contributed by atoms with E-state index >= 15 is 0 Å². The van der Waals surface area contributed by atoms with Gasteiger partial charge in [-0.15, -0.1) is 0 Å². The Kier molecular flexibility index (Phi) is 3.48. The van der Waals surface area contributed by atoms with Gasteiger partial charge in [-0.05, 0) is 6.07 Å². The molecule has 0 fully saturated rings. The van der Waals surface area contributed by atoms with Gasteiger partial charge in [0.15, 0.2) is 0 Å². The number of pyridine rings is 1. The first kappa shape index (κ1) is 10.2. The number of nitrogens with two attached hydrogens (primary N) is 1. The Labute approximate surface area is 81.3 Å². The predicted molar refractivity (Wildman–Crippen MR) is 49.8 cm³/mol. The monoisotopic (exact) mass is 202 g/mol. The molecule has 0 aliphatic carbocycles. The fourth-order valence-corrected chi connectivity index (χ4v) is 1.28. The topological polar surface area (TPSA) is 68.4 Å². The lowest BCUT2D eigenvalue weighted by Gasteiger charge is -2.12. The fraction of sp³-hybridized carbons (Fsp3) is 0.375. The van der Waals surface area contributed by atoms with E-state index in [9.17, 15) is 5.11 Å². The van der Waals surface area contributed by atoms with Gasteiger partial charge in [-0.3, -0.25) is 0 Å². The summed E-state index contributed by atoms with van der Waals surface area (Å²) in [5, 5.41) is 9.90. The number of nitrogens with zero attached hydrogens (tertiary/aromatic N) is 1. The van der Waals surface area contributed by atoms with Gasteiger partial charge in [0, 0.05) is 12.7 Å². The Morgan fingerprint density at radius 1 is 1.77 bits per heavy atom. The second-order valence-electron chi connectivity index (χ2n) is 2.47. The van der Waals surface area contributed by atoms with Crippen molar-refractivity contribution < 1.29 is 9.84 Å². The summed E-state index contributed by atoms with van der Waals surface area (Å²) in [6.45, 7) is 0.0851. The molecule has 1 atom stereocenters. The molecule has 1 heterocycles. The number of aliphatic hydroxyl groups is 1. The highest BCUT2D eigenvalue weighted by molar-refractivity contribution is 6.31. The number of hydrogen-bond acceptors (Lipinski definition) is 4. The van der Waals surface area contributed by atoms with Crippen LogP contribution in [0.2, 0.25) is 5.02 Å². The molecule has 72 valence electrons. The van der Waals surface area contributed by atoms with Crippen molar-refractivity contribution >= 4 is 11.6 Å². The zero-order chi connectivity index (χ0) is 9.84. The van der Waals surface area contributed by atoms with Gasteiger partial charge in [-0.25, -0.2) is 4.98 Å². The Morgan fingerprint density at radius 3 is 3.00 bits per heavy atom. The van der Waals surface area contributed by atoms with Crippen LogP contribution in [-0.2, 0) is 0 Å². The highest BCUT2D eigenvalue weighted by atomic mass is 35.5. The molecule has 0 saturated heterocycles. The van der Waals surface area contributed by atoms with Crippen LogP contribution in [0.5, 0.6) is 5.88 Å². The smallest absolute Gasteiger partial charge is 0.220 e. The summed E-state index contributed by atoms with van der Waals surface area (Å²) in [5.41, 5.74) is 5.74. The van der Waals surface area contributed by atoms with E-state index in [4.69, 9.17) is 22.1 Å². The first-order chi connectivity index (χ1) is 6.20. The maximum Gasteiger partial charge on any atom is 0.220 e. The summed E-state index contributed by atoms with van der Waals surface area (Å²) >= 11 is 5.85. The molecule has 0 amide bonds. The number of ether oxygens (including phenoxy) is 1. The number of aromatic nitrogens is 1. The molecule has 1 rings (SSSR count). The molecule has 13 heavy (non-hydrogen) atoms. The number of hydrogen-bond donors (Lipinski definition) is 2. The molecule has 1 aromatic rings. The SMILES string of the molecule is COc1nccc(Cl)c1[C@H](O)CN. The van der Waals surface area contributed by atoms with Crippen molar-refractivity contribution in [1.29, 1.82) is 0 Å². The average Bonchev–Trinajstić information content (AvgIpc) is 2.16. The third kappa shape index (κ3) is 2.09. The lowest BCUT2D eigenvalue weighted by molar-refractivity contribution is 0.181. The van der Waals surface area contributed by atoms with Crippen LogP contribution in [0.4, 0.5) is 0 Å². The minimum absolute atomic E-state index is 0.0851. The summed E-state index contributed by atoms with van der Waals surface area (Å²) in [7, 11) is 1.46. The molecule has 0 saturated carbocycles. The molecule has 0 aliphatic heterocycles. The van der Waals surface area contributed by atoms with Crippen molar-refractivity contribution in [2.75, 3.05) is 13.7 Å². The van der Waals surface area contributed by atoms with Crippen LogP contribution in [0.3, 0.4) is 0 Å². The van der Waals surface area contributed by atoms with Gasteiger partial charge in [0.05, 0.1) is 23.8 Å². The van der Waals surface area contributed by atoms with E-state index < -0.39 is 6.10 Å². The van der Waals surface area contributed by atoms with Gasteiger partial charge < -0.3 is 15.6 Å². The van der Waals surface area contributed by atoms with E-state index in [2.05, 4.69) is 4.98 Å². The first-order valence-electron chi connectivity index (χ1n) is 3.77. The standard InChI is InChI=1S/C8H11ClN2O2/c1-13-8-7(6(12)4-10)5(9)2-3-11-8/h2-3,6,12H,4,10H2,1H3/t6-/m1/s1. The Morgan fingerprint density at radius 2 is 2.46 bits per heavy atom. The lowest BCUT2D eigenvalue weighted by Crippen LogP contribution is -2.13. The maximum atomic E-state index is 9.49. The molecular weight excluding hydrogens is 192 g/mol. The zero-order valence-electron chi connectivity index (χ0n) is 7.20. The molecular formula is C8H11ClN2O2. The van der Waals surface area contributed by atoms with Crippen LogP contribution >= 0.6 is 11.6 Å². The molecule has 0 aliphatic rings. The molecule has 0 unspecified atom stereocenters. The minimum atomic E-state index is -0.837. The number of halogens is 1. The van der Waals surface area contributed by atoms with Crippen molar-refractivity contribution in [2.45, 2.75) is 6.10 Å². The zero-order valence-corrected chi connectivity index (χ0v) is 7.95. The molecule has 0 radical (unpaired) electrons. The Hall–Kier alpha value is -0.840. The predicted octanol–water partition coefficient (Wildman–Crippen LogP) is 0.736. The van der Waals surface area contributed by atoms with Crippen LogP contribution < -0.4 is 10.5 Å². The molecule has 0 bridgehead atoms. The van der Waals surface area contributed by atoms with Crippen molar-refractivity contribution in [2.24, 2.45) is 5.73 Å². The molecule has 4 nitrogen and oxygen atoms in total. The third-order valence-corrected chi connectivity index (χ3v) is 1.98. The lowest BCUT2D eigenvalue weighted by atomic mass is 10.1. The van der Waals surface area contributed by atoms with Crippen LogP contribution in [0.1, 0.15) is 11.7 Å². The number of aliphatic hydroxyl groups excluding tert-OH is 1. The van der Waals surface area contributed by atoms with E-state index in [0.29, 0.717) is 16.5 Å². The van der Waals surface area contributed by atoms with Crippen LogP contribution in [-0.4, -0.2) is 23.7 Å². The minimum Gasteiger partial charge on any atom is -0.481 e. The molecule has 0 aromatic carbocycles. The van der Waals surface area contributed by atoms with Crippen molar-refractivity contribution in [3.63, 3.8) is 0 Å². The van der Waals surface area contributed by atoms with Gasteiger partial charge in [0.2, 0.25) is 5.88 Å². The van der Waals surface area contributed by atoms with E-state index in [0.717, 1.165) is 0 Å². The van der Waals surface area contributed by atoms with Gasteiger partial charge >= 0.3 is 0 Å². The van der Waals surface area contributed by atoms with Gasteiger partial charge in [0.25, 0.3) is 0 Å². The van der Waals surface area contributed by atoms with Crippen LogP contribution in [0, 0.1) is 0 Å². The second-order valence-corrected chi connectivity index (χ2v) is 2.87. The number of rotatable bonds is 3. The average molecular weight is 203 g/mol. The van der Waals surface area contributed by atoms with Crippen LogP contribution in [0.25, 0.3) is 0 Å². The first-order valence-corrected chi connectivity index (χ1v) is 4.15. The van der Waals surface area contributed by atoms with Crippen molar-refractivity contribution in [3.8, 4) is 5.88 Å². The van der Waals surface area contributed by atoms with E-state index in [1.807, 2.05) is 0 Å². The Balaban J connectivity index is 3.14. The molecule has 1 aromatic heterocycles. The largest absolute Gasteiger partial charge is 0.481 e. The molecule has 0 spiro atoms. The third-order valence-electron chi connectivity index (χ3n) is 1.65. The second kappa shape index (κ2) is 4.41. The molecule has 3 N–H and O–H groups in total. The van der Waals surface area contributed by atoms with E-state index in [1.54, 1.807) is 6.07 Å². The Bertz CT molecular complexity index is 293. The van der Waals surface area contributed by atoms with Gasteiger partial charge in [0.1, 0.15) is 0 Å². The summed E-state index contributed by atoms with van der Waals surface area (Å²) in [6.07, 6.45) is 0.671. The quantitative estimate of drug-likeness (QED) is 0.759. The number of methoxy groups -OCH3 is 1. The van der Waals surface area contributed by atoms with Crippen molar-refractivity contribution in [3.05, 3.63) is 22.8 Å². The van der Waals surface area contributed by atoms with Crippen molar-refractivity contribution in [1.82, 2.24) is 4.98 Å². The summed E-state index contributed by atoms with van der Waals surface area (Å²) < 4.78 is 4.94. The van der Waals surface area contributed by atoms with E-state index in [-0.39, 0.29) is 6.54 Å². The normalized spacial score (nSPS) is 12.6. The summed E-state index contributed by atoms with van der Waals surface area (Å²) in [5.74, 6) is 0.311. The van der Waals surface area contributed by atoms with E-state index in [1.165, 1.54) is 13.3 Å².